The van der Waals surface area contributed by atoms with Gasteiger partial charge in [0.15, 0.2) is 6.04 Å². The van der Waals surface area contributed by atoms with E-state index < -0.39 is 0 Å². The van der Waals surface area contributed by atoms with Crippen molar-refractivity contribution in [3.63, 3.8) is 0 Å². The molecule has 0 fully saturated rings. The first-order valence-electron chi connectivity index (χ1n) is 8.40. The Hall–Kier alpha value is -2.72. The van der Waals surface area contributed by atoms with Crippen LogP contribution < -0.4 is 10.2 Å². The minimum atomic E-state index is -0.300. The summed E-state index contributed by atoms with van der Waals surface area (Å²) in [5.41, 5.74) is 1.39. The molecule has 0 aliphatic rings. The van der Waals surface area contributed by atoms with Crippen molar-refractivity contribution in [1.29, 1.82) is 0 Å². The molecule has 2 atom stereocenters. The van der Waals surface area contributed by atoms with Crippen molar-refractivity contribution in [3.8, 4) is 0 Å². The number of quaternary nitrogens is 1. The van der Waals surface area contributed by atoms with Crippen LogP contribution in [0, 0.1) is 5.82 Å². The van der Waals surface area contributed by atoms with Gasteiger partial charge in [-0.1, -0.05) is 48.5 Å². The van der Waals surface area contributed by atoms with Crippen LogP contribution in [0.1, 0.15) is 12.5 Å². The molecule has 0 spiro atoms. The number of benzene rings is 3. The van der Waals surface area contributed by atoms with E-state index in [1.165, 1.54) is 6.07 Å². The third-order valence-corrected chi connectivity index (χ3v) is 4.58. The van der Waals surface area contributed by atoms with Gasteiger partial charge in [0.25, 0.3) is 5.91 Å². The van der Waals surface area contributed by atoms with Gasteiger partial charge in [0.1, 0.15) is 12.4 Å². The maximum Gasteiger partial charge on any atom is 0.282 e. The fourth-order valence-electron chi connectivity index (χ4n) is 2.84. The number of anilines is 1. The molecule has 1 unspecified atom stereocenters. The zero-order valence-electron chi connectivity index (χ0n) is 14.4. The second kappa shape index (κ2) is 7.45. The van der Waals surface area contributed by atoms with E-state index in [0.29, 0.717) is 12.1 Å². The molecule has 25 heavy (non-hydrogen) atoms. The molecule has 0 radical (unpaired) electrons. The average molecular weight is 337 g/mol. The molecule has 128 valence electrons. The van der Waals surface area contributed by atoms with Crippen molar-refractivity contribution < 1.29 is 14.1 Å². The molecule has 4 heteroatoms. The Morgan fingerprint density at radius 1 is 1.04 bits per heavy atom. The summed E-state index contributed by atoms with van der Waals surface area (Å²) in [6.45, 7) is 2.31. The molecule has 3 aromatic carbocycles. The Morgan fingerprint density at radius 3 is 2.48 bits per heavy atom. The third-order valence-electron chi connectivity index (χ3n) is 4.58. The summed E-state index contributed by atoms with van der Waals surface area (Å²) >= 11 is 0. The van der Waals surface area contributed by atoms with E-state index in [1.54, 1.807) is 12.1 Å². The molecular weight excluding hydrogens is 315 g/mol. The van der Waals surface area contributed by atoms with Gasteiger partial charge in [0.2, 0.25) is 0 Å². The summed E-state index contributed by atoms with van der Waals surface area (Å²) in [6, 6.07) is 20.3. The van der Waals surface area contributed by atoms with Crippen molar-refractivity contribution in [2.75, 3.05) is 12.4 Å². The highest BCUT2D eigenvalue weighted by Crippen LogP contribution is 2.18. The Bertz CT molecular complexity index is 894. The zero-order valence-corrected chi connectivity index (χ0v) is 14.4. The summed E-state index contributed by atoms with van der Waals surface area (Å²) in [7, 11) is 1.90. The van der Waals surface area contributed by atoms with Gasteiger partial charge in [0, 0.05) is 11.3 Å². The number of nitrogens with one attached hydrogen (secondary N) is 2. The zero-order chi connectivity index (χ0) is 17.8. The molecule has 0 saturated heterocycles. The highest BCUT2D eigenvalue weighted by Gasteiger charge is 2.23. The van der Waals surface area contributed by atoms with Crippen LogP contribution in [0.4, 0.5) is 10.1 Å². The van der Waals surface area contributed by atoms with Crippen molar-refractivity contribution >= 4 is 22.4 Å². The smallest absolute Gasteiger partial charge is 0.282 e. The lowest BCUT2D eigenvalue weighted by atomic mass is 10.1. The molecule has 3 rings (SSSR count). The van der Waals surface area contributed by atoms with E-state index in [9.17, 15) is 9.18 Å². The summed E-state index contributed by atoms with van der Waals surface area (Å²) < 4.78 is 13.8. The topological polar surface area (TPSA) is 33.5 Å². The molecule has 2 N–H and O–H groups in total. The van der Waals surface area contributed by atoms with Crippen LogP contribution in [0.2, 0.25) is 0 Å². The molecule has 0 bridgehead atoms. The van der Waals surface area contributed by atoms with Gasteiger partial charge in [-0.3, -0.25) is 4.79 Å². The SMILES string of the molecule is C[C@@H](C(=O)Nc1ccc2ccccc2c1)[NH+](C)Cc1ccccc1F. The molecule has 1 amide bonds. The van der Waals surface area contributed by atoms with Gasteiger partial charge in [-0.25, -0.2) is 4.39 Å². The third kappa shape index (κ3) is 4.03. The molecule has 0 aliphatic carbocycles. The van der Waals surface area contributed by atoms with Gasteiger partial charge in [-0.2, -0.15) is 0 Å². The second-order valence-corrected chi connectivity index (χ2v) is 6.39. The number of carbonyl (C=O) groups is 1. The van der Waals surface area contributed by atoms with Crippen LogP contribution in [0.5, 0.6) is 0 Å². The number of fused-ring (bicyclic) bond motifs is 1. The van der Waals surface area contributed by atoms with Crippen molar-refractivity contribution in [2.45, 2.75) is 19.5 Å². The fourth-order valence-corrected chi connectivity index (χ4v) is 2.84. The summed E-state index contributed by atoms with van der Waals surface area (Å²) in [5.74, 6) is -0.312. The lowest BCUT2D eigenvalue weighted by molar-refractivity contribution is -0.908. The quantitative estimate of drug-likeness (QED) is 0.737. The van der Waals surface area contributed by atoms with Crippen LogP contribution >= 0.6 is 0 Å². The monoisotopic (exact) mass is 337 g/mol. The number of halogens is 1. The number of likely N-dealkylation sites (N-methyl/N-ethyl adjacent to an activating group) is 1. The van der Waals surface area contributed by atoms with Crippen molar-refractivity contribution in [2.24, 2.45) is 0 Å². The molecule has 0 saturated carbocycles. The first-order valence-corrected chi connectivity index (χ1v) is 8.40. The van der Waals surface area contributed by atoms with E-state index >= 15 is 0 Å². The molecule has 0 heterocycles. The number of rotatable bonds is 5. The first kappa shape index (κ1) is 17.1. The average Bonchev–Trinajstić information content (AvgIpc) is 2.62. The highest BCUT2D eigenvalue weighted by molar-refractivity contribution is 5.96. The van der Waals surface area contributed by atoms with Gasteiger partial charge in [-0.15, -0.1) is 0 Å². The van der Waals surface area contributed by atoms with Crippen molar-refractivity contribution in [1.82, 2.24) is 0 Å². The maximum atomic E-state index is 13.8. The minimum Gasteiger partial charge on any atom is -0.324 e. The molecule has 0 aliphatic heterocycles. The maximum absolute atomic E-state index is 13.8. The molecule has 3 aromatic rings. The van der Waals surface area contributed by atoms with E-state index in [-0.39, 0.29) is 17.8 Å². The number of amides is 1. The first-order chi connectivity index (χ1) is 12.0. The van der Waals surface area contributed by atoms with Crippen LogP contribution in [-0.2, 0) is 11.3 Å². The van der Waals surface area contributed by atoms with E-state index in [0.717, 1.165) is 21.4 Å². The van der Waals surface area contributed by atoms with Gasteiger partial charge < -0.3 is 10.2 Å². The number of carbonyl (C=O) groups excluding carboxylic acids is 1. The summed E-state index contributed by atoms with van der Waals surface area (Å²) in [5, 5.41) is 5.18. The standard InChI is InChI=1S/C21H21FN2O/c1-15(24(2)14-18-9-5-6-10-20(18)22)21(25)23-19-12-11-16-7-3-4-8-17(16)13-19/h3-13,15H,14H2,1-2H3,(H,23,25)/p+1/t15-/m0/s1. The Balaban J connectivity index is 1.67. The van der Waals surface area contributed by atoms with Crippen LogP contribution in [-0.4, -0.2) is 19.0 Å². The van der Waals surface area contributed by atoms with E-state index in [4.69, 9.17) is 0 Å². The Kier molecular flexibility index (Phi) is 5.10. The largest absolute Gasteiger partial charge is 0.324 e. The molecular formula is C21H22FN2O+. The predicted octanol–water partition coefficient (Wildman–Crippen LogP) is 3.02. The van der Waals surface area contributed by atoms with Gasteiger partial charge in [-0.05, 0) is 35.9 Å². The number of hydrogen-bond donors (Lipinski definition) is 2. The highest BCUT2D eigenvalue weighted by atomic mass is 19.1. The Labute approximate surface area is 147 Å². The second-order valence-electron chi connectivity index (χ2n) is 6.39. The minimum absolute atomic E-state index is 0.0795. The van der Waals surface area contributed by atoms with Gasteiger partial charge >= 0.3 is 0 Å². The van der Waals surface area contributed by atoms with Crippen LogP contribution in [0.25, 0.3) is 10.8 Å². The van der Waals surface area contributed by atoms with Crippen LogP contribution in [0.3, 0.4) is 0 Å². The number of hydrogen-bond acceptors (Lipinski definition) is 1. The van der Waals surface area contributed by atoms with Crippen LogP contribution in [0.15, 0.2) is 66.7 Å². The van der Waals surface area contributed by atoms with Gasteiger partial charge in [0.05, 0.1) is 7.05 Å². The van der Waals surface area contributed by atoms with E-state index in [2.05, 4.69) is 5.32 Å². The normalized spacial score (nSPS) is 13.4. The van der Waals surface area contributed by atoms with E-state index in [1.807, 2.05) is 62.5 Å². The lowest BCUT2D eigenvalue weighted by Gasteiger charge is -2.21. The summed E-state index contributed by atoms with van der Waals surface area (Å²) in [4.78, 5) is 13.5. The predicted molar refractivity (Wildman–Crippen MR) is 99.0 cm³/mol. The molecule has 0 aromatic heterocycles. The lowest BCUT2D eigenvalue weighted by Crippen LogP contribution is -3.12. The Morgan fingerprint density at radius 2 is 1.72 bits per heavy atom. The summed E-state index contributed by atoms with van der Waals surface area (Å²) in [6.07, 6.45) is 0. The van der Waals surface area contributed by atoms with Crippen molar-refractivity contribution in [3.05, 3.63) is 78.1 Å². The fraction of sp³-hybridized carbons (Fsp3) is 0.190. The molecule has 3 nitrogen and oxygen atoms in total.